The molecule has 0 saturated carbocycles. The van der Waals surface area contributed by atoms with E-state index in [2.05, 4.69) is 11.0 Å². The smallest absolute Gasteiger partial charge is 0.227 e. The van der Waals surface area contributed by atoms with Gasteiger partial charge in [-0.1, -0.05) is 0 Å². The normalized spacial score (nSPS) is 18.3. The van der Waals surface area contributed by atoms with Crippen molar-refractivity contribution in [2.24, 2.45) is 0 Å². The molecule has 0 aromatic rings. The van der Waals surface area contributed by atoms with Crippen molar-refractivity contribution in [1.29, 1.82) is 5.26 Å². The topological polar surface area (TPSA) is 47.3 Å². The van der Waals surface area contributed by atoms with Gasteiger partial charge >= 0.3 is 0 Å². The molecule has 4 nitrogen and oxygen atoms in total. The second kappa shape index (κ2) is 4.83. The van der Waals surface area contributed by atoms with Crippen LogP contribution in [0.25, 0.3) is 0 Å². The number of carbonyl (C=O) groups is 1. The minimum Gasteiger partial charge on any atom is -0.340 e. The van der Waals surface area contributed by atoms with Crippen molar-refractivity contribution in [1.82, 2.24) is 9.80 Å². The lowest BCUT2D eigenvalue weighted by atomic mass is 10.3. The SMILES string of the molecule is [CH]C(=O)N1CCN(CCC#N)CC1. The molecule has 0 aromatic carbocycles. The molecule has 1 rings (SSSR count). The first kappa shape index (κ1) is 10.0. The zero-order chi connectivity index (χ0) is 9.68. The number of piperazine rings is 1. The highest BCUT2D eigenvalue weighted by Gasteiger charge is 2.17. The highest BCUT2D eigenvalue weighted by Crippen LogP contribution is 2.01. The van der Waals surface area contributed by atoms with Crippen molar-refractivity contribution in [2.75, 3.05) is 32.7 Å². The van der Waals surface area contributed by atoms with Gasteiger partial charge in [-0.2, -0.15) is 5.26 Å². The Morgan fingerprint density at radius 2 is 2.00 bits per heavy atom. The van der Waals surface area contributed by atoms with Gasteiger partial charge in [-0.05, 0) is 0 Å². The maximum atomic E-state index is 10.8. The minimum absolute atomic E-state index is 0.347. The van der Waals surface area contributed by atoms with Crippen LogP contribution in [0, 0.1) is 18.3 Å². The molecule has 0 spiro atoms. The molecule has 1 aliphatic heterocycles. The van der Waals surface area contributed by atoms with E-state index in [1.165, 1.54) is 0 Å². The Hall–Kier alpha value is -1.08. The van der Waals surface area contributed by atoms with Crippen LogP contribution in [0.15, 0.2) is 0 Å². The molecule has 0 N–H and O–H groups in total. The molecular formula is C9H13N3O. The van der Waals surface area contributed by atoms with Gasteiger partial charge in [0.25, 0.3) is 0 Å². The molecule has 1 aliphatic rings. The van der Waals surface area contributed by atoms with E-state index in [9.17, 15) is 4.79 Å². The Bertz CT molecular complexity index is 213. The van der Waals surface area contributed by atoms with E-state index in [-0.39, 0.29) is 5.91 Å². The molecule has 0 aromatic heterocycles. The Morgan fingerprint density at radius 3 is 2.46 bits per heavy atom. The first-order valence-electron chi connectivity index (χ1n) is 4.37. The zero-order valence-electron chi connectivity index (χ0n) is 7.57. The number of hydrogen-bond acceptors (Lipinski definition) is 3. The van der Waals surface area contributed by atoms with Crippen molar-refractivity contribution >= 4 is 5.91 Å². The Labute approximate surface area is 78.7 Å². The van der Waals surface area contributed by atoms with Crippen LogP contribution in [0.2, 0.25) is 0 Å². The van der Waals surface area contributed by atoms with Gasteiger partial charge in [-0.25, -0.2) is 0 Å². The predicted octanol–water partition coefficient (Wildman–Crippen LogP) is -0.245. The van der Waals surface area contributed by atoms with Crippen LogP contribution in [-0.4, -0.2) is 48.4 Å². The molecule has 0 aliphatic carbocycles. The Kier molecular flexibility index (Phi) is 3.71. The molecule has 1 fully saturated rings. The lowest BCUT2D eigenvalue weighted by Crippen LogP contribution is -2.48. The van der Waals surface area contributed by atoms with E-state index < -0.39 is 0 Å². The van der Waals surface area contributed by atoms with Crippen molar-refractivity contribution in [3.63, 3.8) is 0 Å². The monoisotopic (exact) mass is 179 g/mol. The average Bonchev–Trinajstić information content (AvgIpc) is 2.15. The third-order valence-corrected chi connectivity index (χ3v) is 2.22. The van der Waals surface area contributed by atoms with Gasteiger partial charge in [0.15, 0.2) is 0 Å². The average molecular weight is 179 g/mol. The zero-order valence-corrected chi connectivity index (χ0v) is 7.57. The Morgan fingerprint density at radius 1 is 1.38 bits per heavy atom. The van der Waals surface area contributed by atoms with Crippen molar-refractivity contribution in [2.45, 2.75) is 6.42 Å². The molecule has 2 radical (unpaired) electrons. The van der Waals surface area contributed by atoms with E-state index in [0.29, 0.717) is 19.5 Å². The van der Waals surface area contributed by atoms with Gasteiger partial charge < -0.3 is 4.90 Å². The number of rotatable bonds is 2. The van der Waals surface area contributed by atoms with E-state index in [1.807, 2.05) is 0 Å². The molecule has 70 valence electrons. The minimum atomic E-state index is -0.347. The summed E-state index contributed by atoms with van der Waals surface area (Å²) in [6.45, 7) is 8.93. The molecule has 13 heavy (non-hydrogen) atoms. The van der Waals surface area contributed by atoms with Crippen molar-refractivity contribution in [3.05, 3.63) is 6.92 Å². The number of nitriles is 1. The second-order valence-electron chi connectivity index (χ2n) is 3.08. The molecule has 1 heterocycles. The lowest BCUT2D eigenvalue weighted by Gasteiger charge is -2.33. The highest BCUT2D eigenvalue weighted by atomic mass is 16.2. The van der Waals surface area contributed by atoms with Crippen LogP contribution in [0.4, 0.5) is 0 Å². The number of amides is 1. The maximum absolute atomic E-state index is 10.8. The summed E-state index contributed by atoms with van der Waals surface area (Å²) < 4.78 is 0. The molecule has 1 amide bonds. The van der Waals surface area contributed by atoms with E-state index in [4.69, 9.17) is 12.2 Å². The number of carbonyl (C=O) groups excluding carboxylic acids is 1. The third kappa shape index (κ3) is 3.03. The molecular weight excluding hydrogens is 166 g/mol. The summed E-state index contributed by atoms with van der Waals surface area (Å²) in [5, 5.41) is 8.38. The fourth-order valence-corrected chi connectivity index (χ4v) is 1.40. The van der Waals surface area contributed by atoms with Gasteiger partial charge in [0.2, 0.25) is 5.91 Å². The first-order chi connectivity index (χ1) is 6.24. The van der Waals surface area contributed by atoms with Crippen LogP contribution in [0.5, 0.6) is 0 Å². The van der Waals surface area contributed by atoms with Crippen LogP contribution < -0.4 is 0 Å². The summed E-state index contributed by atoms with van der Waals surface area (Å²) in [5.41, 5.74) is 0. The summed E-state index contributed by atoms with van der Waals surface area (Å²) in [6, 6.07) is 2.10. The summed E-state index contributed by atoms with van der Waals surface area (Å²) in [4.78, 5) is 14.5. The van der Waals surface area contributed by atoms with Crippen LogP contribution in [0.3, 0.4) is 0 Å². The van der Waals surface area contributed by atoms with Crippen molar-refractivity contribution in [3.8, 4) is 6.07 Å². The third-order valence-electron chi connectivity index (χ3n) is 2.22. The van der Waals surface area contributed by atoms with E-state index >= 15 is 0 Å². The molecule has 4 heteroatoms. The largest absolute Gasteiger partial charge is 0.340 e. The fourth-order valence-electron chi connectivity index (χ4n) is 1.40. The first-order valence-corrected chi connectivity index (χ1v) is 4.37. The van der Waals surface area contributed by atoms with Gasteiger partial charge in [0.1, 0.15) is 0 Å². The van der Waals surface area contributed by atoms with E-state index in [0.717, 1.165) is 19.6 Å². The quantitative estimate of drug-likeness (QED) is 0.587. The highest BCUT2D eigenvalue weighted by molar-refractivity contribution is 5.80. The predicted molar refractivity (Wildman–Crippen MR) is 47.6 cm³/mol. The Balaban J connectivity index is 2.23. The van der Waals surface area contributed by atoms with Gasteiger partial charge in [0.05, 0.1) is 13.0 Å². The maximum Gasteiger partial charge on any atom is 0.227 e. The standard InChI is InChI=1S/C9H13N3O/c1-9(13)12-7-5-11(6-8-12)4-2-3-10/h1H,2,4-8H2. The molecule has 1 saturated heterocycles. The van der Waals surface area contributed by atoms with E-state index in [1.54, 1.807) is 4.90 Å². The molecule has 0 bridgehead atoms. The van der Waals surface area contributed by atoms with Gasteiger partial charge in [0, 0.05) is 39.1 Å². The summed E-state index contributed by atoms with van der Waals surface area (Å²) in [7, 11) is 0. The summed E-state index contributed by atoms with van der Waals surface area (Å²) in [5.74, 6) is -0.347. The number of nitrogens with zero attached hydrogens (tertiary/aromatic N) is 3. The molecule has 0 atom stereocenters. The summed E-state index contributed by atoms with van der Waals surface area (Å²) in [6.07, 6.45) is 0.552. The van der Waals surface area contributed by atoms with Gasteiger partial charge in [-0.15, -0.1) is 0 Å². The number of hydrogen-bond donors (Lipinski definition) is 0. The summed E-state index contributed by atoms with van der Waals surface area (Å²) >= 11 is 0. The second-order valence-corrected chi connectivity index (χ2v) is 3.08. The van der Waals surface area contributed by atoms with Gasteiger partial charge in [-0.3, -0.25) is 9.69 Å². The van der Waals surface area contributed by atoms with Crippen molar-refractivity contribution < 1.29 is 4.79 Å². The fraction of sp³-hybridized carbons (Fsp3) is 0.667. The van der Waals surface area contributed by atoms with Crippen LogP contribution in [-0.2, 0) is 4.79 Å². The lowest BCUT2D eigenvalue weighted by molar-refractivity contribution is -0.128. The van der Waals surface area contributed by atoms with Crippen LogP contribution in [0.1, 0.15) is 6.42 Å². The van der Waals surface area contributed by atoms with Crippen LogP contribution >= 0.6 is 0 Å². The molecule has 0 unspecified atom stereocenters.